The molecule has 152 valence electrons. The number of halogens is 1. The number of amides is 1. The number of methoxy groups -OCH3 is 1. The van der Waals surface area contributed by atoms with E-state index in [2.05, 4.69) is 15.5 Å². The summed E-state index contributed by atoms with van der Waals surface area (Å²) < 4.78 is 25.4. The maximum absolute atomic E-state index is 14.0. The number of carbonyl (C=O) groups is 1. The summed E-state index contributed by atoms with van der Waals surface area (Å²) in [7, 11) is 1.54. The Morgan fingerprint density at radius 3 is 2.83 bits per heavy atom. The molecule has 0 fully saturated rings. The van der Waals surface area contributed by atoms with Gasteiger partial charge in [0.25, 0.3) is 11.4 Å². The van der Waals surface area contributed by atoms with E-state index in [-0.39, 0.29) is 28.7 Å². The Kier molecular flexibility index (Phi) is 6.50. The second-order valence-corrected chi connectivity index (χ2v) is 6.27. The minimum Gasteiger partial charge on any atom is -0.383 e. The molecule has 0 saturated carbocycles. The number of rotatable bonds is 8. The number of aromatic nitrogens is 3. The van der Waals surface area contributed by atoms with Gasteiger partial charge in [-0.1, -0.05) is 24.2 Å². The lowest BCUT2D eigenvalue weighted by Crippen LogP contribution is -2.38. The average Bonchev–Trinajstić information content (AvgIpc) is 3.20. The SMILES string of the molecule is CC[C@@H](C(=O)NCCOC)n1cc(-c2nc(-c3ccccc3F)no2)ccc1=O. The number of hydrogen-bond acceptors (Lipinski definition) is 6. The third kappa shape index (κ3) is 4.57. The van der Waals surface area contributed by atoms with Gasteiger partial charge in [-0.3, -0.25) is 9.59 Å². The van der Waals surface area contributed by atoms with Crippen LogP contribution < -0.4 is 10.9 Å². The zero-order valence-electron chi connectivity index (χ0n) is 16.1. The van der Waals surface area contributed by atoms with Crippen molar-refractivity contribution in [3.05, 3.63) is 58.8 Å². The van der Waals surface area contributed by atoms with Gasteiger partial charge in [0.1, 0.15) is 11.9 Å². The number of carbonyl (C=O) groups excluding carboxylic acids is 1. The van der Waals surface area contributed by atoms with Gasteiger partial charge in [-0.15, -0.1) is 0 Å². The summed E-state index contributed by atoms with van der Waals surface area (Å²) in [6.07, 6.45) is 1.90. The highest BCUT2D eigenvalue weighted by Gasteiger charge is 2.21. The maximum atomic E-state index is 14.0. The van der Waals surface area contributed by atoms with Crippen LogP contribution in [0.15, 0.2) is 51.9 Å². The van der Waals surface area contributed by atoms with E-state index < -0.39 is 11.9 Å². The fraction of sp³-hybridized carbons (Fsp3) is 0.300. The monoisotopic (exact) mass is 400 g/mol. The first kappa shape index (κ1) is 20.4. The van der Waals surface area contributed by atoms with Crippen LogP contribution in [-0.4, -0.2) is 40.9 Å². The number of pyridine rings is 1. The first-order chi connectivity index (χ1) is 14.0. The molecule has 0 aliphatic heterocycles. The summed E-state index contributed by atoms with van der Waals surface area (Å²) >= 11 is 0. The molecular formula is C20H21FN4O4. The summed E-state index contributed by atoms with van der Waals surface area (Å²) in [5.74, 6) is -0.545. The van der Waals surface area contributed by atoms with Crippen LogP contribution in [0, 0.1) is 5.82 Å². The van der Waals surface area contributed by atoms with Crippen molar-refractivity contribution in [3.8, 4) is 22.8 Å². The average molecular weight is 400 g/mol. The van der Waals surface area contributed by atoms with Crippen molar-refractivity contribution in [2.45, 2.75) is 19.4 Å². The maximum Gasteiger partial charge on any atom is 0.259 e. The molecule has 0 aliphatic carbocycles. The van der Waals surface area contributed by atoms with Crippen LogP contribution in [-0.2, 0) is 9.53 Å². The third-order valence-corrected chi connectivity index (χ3v) is 4.36. The number of hydrogen-bond donors (Lipinski definition) is 1. The van der Waals surface area contributed by atoms with E-state index in [0.29, 0.717) is 25.1 Å². The van der Waals surface area contributed by atoms with E-state index in [1.165, 1.54) is 36.1 Å². The summed E-state index contributed by atoms with van der Waals surface area (Å²) in [5.41, 5.74) is 0.318. The Morgan fingerprint density at radius 1 is 1.31 bits per heavy atom. The molecule has 0 bridgehead atoms. The summed E-state index contributed by atoms with van der Waals surface area (Å²) in [6.45, 7) is 2.52. The minimum atomic E-state index is -0.701. The van der Waals surface area contributed by atoms with E-state index in [4.69, 9.17) is 9.26 Å². The third-order valence-electron chi connectivity index (χ3n) is 4.36. The lowest BCUT2D eigenvalue weighted by atomic mass is 10.1. The molecule has 3 rings (SSSR count). The van der Waals surface area contributed by atoms with Crippen molar-refractivity contribution in [1.29, 1.82) is 0 Å². The largest absolute Gasteiger partial charge is 0.383 e. The van der Waals surface area contributed by atoms with Crippen LogP contribution in [0.1, 0.15) is 19.4 Å². The molecule has 1 N–H and O–H groups in total. The van der Waals surface area contributed by atoms with Gasteiger partial charge < -0.3 is 19.1 Å². The van der Waals surface area contributed by atoms with E-state index >= 15 is 0 Å². The molecule has 3 aromatic rings. The second-order valence-electron chi connectivity index (χ2n) is 6.27. The molecule has 1 amide bonds. The quantitative estimate of drug-likeness (QED) is 0.583. The van der Waals surface area contributed by atoms with Crippen molar-refractivity contribution in [2.24, 2.45) is 0 Å². The van der Waals surface area contributed by atoms with Crippen molar-refractivity contribution in [2.75, 3.05) is 20.3 Å². The van der Waals surface area contributed by atoms with Crippen molar-refractivity contribution in [1.82, 2.24) is 20.0 Å². The Bertz CT molecular complexity index is 1050. The van der Waals surface area contributed by atoms with E-state index in [1.54, 1.807) is 18.2 Å². The molecule has 2 aromatic heterocycles. The predicted molar refractivity (Wildman–Crippen MR) is 104 cm³/mol. The van der Waals surface area contributed by atoms with Crippen molar-refractivity contribution < 1.29 is 18.4 Å². The van der Waals surface area contributed by atoms with Gasteiger partial charge in [-0.05, 0) is 24.6 Å². The van der Waals surface area contributed by atoms with Crippen LogP contribution in [0.3, 0.4) is 0 Å². The zero-order chi connectivity index (χ0) is 20.8. The standard InChI is InChI=1S/C20H21FN4O4/c1-3-16(19(27)22-10-11-28-2)25-12-13(8-9-17(25)26)20-23-18(24-29-20)14-6-4-5-7-15(14)21/h4-9,12,16H,3,10-11H2,1-2H3,(H,22,27)/t16-/m0/s1. The van der Waals surface area contributed by atoms with Crippen LogP contribution in [0.5, 0.6) is 0 Å². The molecule has 29 heavy (non-hydrogen) atoms. The van der Waals surface area contributed by atoms with E-state index in [1.807, 2.05) is 6.92 Å². The van der Waals surface area contributed by atoms with Gasteiger partial charge in [0.05, 0.1) is 17.7 Å². The zero-order valence-corrected chi connectivity index (χ0v) is 16.1. The molecule has 0 radical (unpaired) electrons. The second kappa shape index (κ2) is 9.24. The van der Waals surface area contributed by atoms with Gasteiger partial charge in [-0.2, -0.15) is 4.98 Å². The number of nitrogens with one attached hydrogen (secondary N) is 1. The van der Waals surface area contributed by atoms with Gasteiger partial charge in [-0.25, -0.2) is 4.39 Å². The Hall–Kier alpha value is -3.33. The molecular weight excluding hydrogens is 379 g/mol. The van der Waals surface area contributed by atoms with E-state index in [9.17, 15) is 14.0 Å². The number of benzene rings is 1. The normalized spacial score (nSPS) is 12.0. The number of nitrogens with zero attached hydrogens (tertiary/aromatic N) is 3. The lowest BCUT2D eigenvalue weighted by molar-refractivity contribution is -0.124. The minimum absolute atomic E-state index is 0.0974. The fourth-order valence-corrected chi connectivity index (χ4v) is 2.87. The molecule has 0 spiro atoms. The van der Waals surface area contributed by atoms with E-state index in [0.717, 1.165) is 0 Å². The molecule has 0 aliphatic rings. The Balaban J connectivity index is 1.90. The van der Waals surface area contributed by atoms with Gasteiger partial charge in [0, 0.05) is 25.9 Å². The molecule has 1 aromatic carbocycles. The summed E-state index contributed by atoms with van der Waals surface area (Å²) in [5, 5.41) is 6.55. The molecule has 1 atom stereocenters. The molecule has 9 heteroatoms. The predicted octanol–water partition coefficient (Wildman–Crippen LogP) is 2.42. The van der Waals surface area contributed by atoms with Crippen LogP contribution >= 0.6 is 0 Å². The van der Waals surface area contributed by atoms with Crippen molar-refractivity contribution in [3.63, 3.8) is 0 Å². The molecule has 8 nitrogen and oxygen atoms in total. The molecule has 2 heterocycles. The first-order valence-corrected chi connectivity index (χ1v) is 9.13. The van der Waals surface area contributed by atoms with Crippen LogP contribution in [0.4, 0.5) is 4.39 Å². The van der Waals surface area contributed by atoms with Gasteiger partial charge in [0.15, 0.2) is 0 Å². The summed E-state index contributed by atoms with van der Waals surface area (Å²) in [6, 6.07) is 8.23. The molecule has 0 unspecified atom stereocenters. The fourth-order valence-electron chi connectivity index (χ4n) is 2.87. The highest BCUT2D eigenvalue weighted by atomic mass is 19.1. The highest BCUT2D eigenvalue weighted by Crippen LogP contribution is 2.24. The lowest BCUT2D eigenvalue weighted by Gasteiger charge is -2.18. The number of ether oxygens (including phenoxy) is 1. The van der Waals surface area contributed by atoms with Crippen LogP contribution in [0.2, 0.25) is 0 Å². The van der Waals surface area contributed by atoms with Crippen LogP contribution in [0.25, 0.3) is 22.8 Å². The van der Waals surface area contributed by atoms with Gasteiger partial charge in [0.2, 0.25) is 11.7 Å². The Morgan fingerprint density at radius 2 is 2.10 bits per heavy atom. The smallest absolute Gasteiger partial charge is 0.259 e. The topological polar surface area (TPSA) is 99.2 Å². The molecule has 0 saturated heterocycles. The van der Waals surface area contributed by atoms with Gasteiger partial charge >= 0.3 is 0 Å². The first-order valence-electron chi connectivity index (χ1n) is 9.13. The summed E-state index contributed by atoms with van der Waals surface area (Å²) in [4.78, 5) is 29.0. The Labute approximate surface area is 166 Å². The highest BCUT2D eigenvalue weighted by molar-refractivity contribution is 5.80. The van der Waals surface area contributed by atoms with Crippen molar-refractivity contribution >= 4 is 5.91 Å².